The molecule has 2 aromatic rings. The van der Waals surface area contributed by atoms with Gasteiger partial charge >= 0.3 is 0 Å². The Balaban J connectivity index is 1.76. The molecular formula is C17H20N2O3S2. The zero-order valence-electron chi connectivity index (χ0n) is 13.4. The van der Waals surface area contributed by atoms with E-state index in [1.54, 1.807) is 17.5 Å². The molecule has 0 radical (unpaired) electrons. The standard InChI is InChI=1S/C17H20N2O3S2/c1-2-13-7-9-14(10-8-13)18-17(20)15-5-3-11-19(15)24(21,22)16-6-4-12-23-16/h4,6-10,12,15H,2-3,5,11H2,1H3,(H,18,20). The van der Waals surface area contributed by atoms with Crippen LogP contribution in [0.5, 0.6) is 0 Å². The molecule has 1 atom stereocenters. The van der Waals surface area contributed by atoms with E-state index in [2.05, 4.69) is 12.2 Å². The Labute approximate surface area is 146 Å². The van der Waals surface area contributed by atoms with Crippen LogP contribution in [0.2, 0.25) is 0 Å². The van der Waals surface area contributed by atoms with Crippen LogP contribution in [0.3, 0.4) is 0 Å². The second-order valence-electron chi connectivity index (χ2n) is 5.75. The van der Waals surface area contributed by atoms with Gasteiger partial charge in [0.05, 0.1) is 0 Å². The van der Waals surface area contributed by atoms with E-state index in [-0.39, 0.29) is 10.1 Å². The maximum atomic E-state index is 12.7. The van der Waals surface area contributed by atoms with E-state index >= 15 is 0 Å². The average Bonchev–Trinajstić information content (AvgIpc) is 3.27. The topological polar surface area (TPSA) is 66.5 Å². The summed E-state index contributed by atoms with van der Waals surface area (Å²) >= 11 is 1.18. The Morgan fingerprint density at radius 2 is 2.04 bits per heavy atom. The van der Waals surface area contributed by atoms with E-state index in [1.165, 1.54) is 21.2 Å². The fraction of sp³-hybridized carbons (Fsp3) is 0.353. The van der Waals surface area contributed by atoms with E-state index in [4.69, 9.17) is 0 Å². The molecule has 1 fully saturated rings. The van der Waals surface area contributed by atoms with Gasteiger partial charge in [0.1, 0.15) is 10.3 Å². The number of hydrogen-bond acceptors (Lipinski definition) is 4. The average molecular weight is 364 g/mol. The molecule has 0 saturated carbocycles. The number of nitrogens with one attached hydrogen (secondary N) is 1. The molecule has 3 rings (SSSR count). The van der Waals surface area contributed by atoms with Crippen LogP contribution in [0, 0.1) is 0 Å². The molecule has 1 amide bonds. The third-order valence-electron chi connectivity index (χ3n) is 4.19. The molecule has 1 N–H and O–H groups in total. The van der Waals surface area contributed by atoms with Gasteiger partial charge in [-0.25, -0.2) is 8.42 Å². The highest BCUT2D eigenvalue weighted by molar-refractivity contribution is 7.91. The number of nitrogens with zero attached hydrogens (tertiary/aromatic N) is 1. The van der Waals surface area contributed by atoms with Gasteiger partial charge in [-0.1, -0.05) is 25.1 Å². The number of aryl methyl sites for hydroxylation is 1. The highest BCUT2D eigenvalue weighted by Crippen LogP contribution is 2.29. The Bertz CT molecular complexity index is 799. The van der Waals surface area contributed by atoms with Crippen molar-refractivity contribution in [2.45, 2.75) is 36.4 Å². The first-order chi connectivity index (χ1) is 11.5. The Morgan fingerprint density at radius 1 is 1.29 bits per heavy atom. The van der Waals surface area contributed by atoms with Crippen molar-refractivity contribution in [3.05, 3.63) is 47.3 Å². The van der Waals surface area contributed by atoms with Crippen LogP contribution in [-0.4, -0.2) is 31.2 Å². The Morgan fingerprint density at radius 3 is 2.67 bits per heavy atom. The molecular weight excluding hydrogens is 344 g/mol. The second kappa shape index (κ2) is 7.04. The molecule has 1 aromatic heterocycles. The first-order valence-corrected chi connectivity index (χ1v) is 10.3. The molecule has 1 aliphatic heterocycles. The van der Waals surface area contributed by atoms with E-state index in [0.717, 1.165) is 6.42 Å². The van der Waals surface area contributed by atoms with Gasteiger partial charge < -0.3 is 5.32 Å². The lowest BCUT2D eigenvalue weighted by molar-refractivity contribution is -0.119. The minimum absolute atomic E-state index is 0.267. The number of thiophene rings is 1. The van der Waals surface area contributed by atoms with Crippen molar-refractivity contribution in [3.8, 4) is 0 Å². The molecule has 7 heteroatoms. The summed E-state index contributed by atoms with van der Waals surface area (Å²) in [6.07, 6.45) is 2.17. The lowest BCUT2D eigenvalue weighted by Crippen LogP contribution is -2.42. The van der Waals surface area contributed by atoms with E-state index in [1.807, 2.05) is 24.3 Å². The lowest BCUT2D eigenvalue weighted by Gasteiger charge is -2.22. The summed E-state index contributed by atoms with van der Waals surface area (Å²) in [7, 11) is -3.60. The van der Waals surface area contributed by atoms with Gasteiger partial charge in [0.25, 0.3) is 10.0 Å². The highest BCUT2D eigenvalue weighted by atomic mass is 32.2. The fourth-order valence-electron chi connectivity index (χ4n) is 2.87. The molecule has 0 aliphatic carbocycles. The summed E-state index contributed by atoms with van der Waals surface area (Å²) in [6.45, 7) is 2.45. The van der Waals surface area contributed by atoms with Crippen LogP contribution in [0.25, 0.3) is 0 Å². The van der Waals surface area contributed by atoms with Crippen LogP contribution < -0.4 is 5.32 Å². The zero-order valence-corrected chi connectivity index (χ0v) is 15.1. The molecule has 1 aliphatic rings. The van der Waals surface area contributed by atoms with Crippen molar-refractivity contribution in [2.24, 2.45) is 0 Å². The molecule has 1 unspecified atom stereocenters. The van der Waals surface area contributed by atoms with E-state index in [9.17, 15) is 13.2 Å². The summed E-state index contributed by atoms with van der Waals surface area (Å²) < 4.78 is 27.0. The summed E-state index contributed by atoms with van der Waals surface area (Å²) in [5.41, 5.74) is 1.88. The van der Waals surface area contributed by atoms with Gasteiger partial charge in [-0.3, -0.25) is 4.79 Å². The smallest absolute Gasteiger partial charge is 0.253 e. The van der Waals surface area contributed by atoms with Gasteiger partial charge in [0.15, 0.2) is 0 Å². The van der Waals surface area contributed by atoms with E-state index < -0.39 is 16.1 Å². The summed E-state index contributed by atoms with van der Waals surface area (Å²) in [5.74, 6) is -0.267. The van der Waals surface area contributed by atoms with Crippen molar-refractivity contribution in [1.82, 2.24) is 4.31 Å². The minimum Gasteiger partial charge on any atom is -0.325 e. The van der Waals surface area contributed by atoms with Gasteiger partial charge in [-0.2, -0.15) is 4.31 Å². The predicted molar refractivity (Wildman–Crippen MR) is 95.7 cm³/mol. The normalized spacial score (nSPS) is 18.6. The van der Waals surface area contributed by atoms with Crippen LogP contribution >= 0.6 is 11.3 Å². The second-order valence-corrected chi connectivity index (χ2v) is 8.81. The molecule has 1 saturated heterocycles. The van der Waals surface area contributed by atoms with Gasteiger partial charge in [0.2, 0.25) is 5.91 Å². The van der Waals surface area contributed by atoms with Crippen LogP contribution in [0.4, 0.5) is 5.69 Å². The maximum Gasteiger partial charge on any atom is 0.253 e. The van der Waals surface area contributed by atoms with Crippen molar-refractivity contribution in [1.29, 1.82) is 0 Å². The van der Waals surface area contributed by atoms with E-state index in [0.29, 0.717) is 25.1 Å². The number of anilines is 1. The first kappa shape index (κ1) is 17.1. The molecule has 0 spiro atoms. The molecule has 0 bridgehead atoms. The molecule has 128 valence electrons. The summed E-state index contributed by atoms with van der Waals surface area (Å²) in [5, 5.41) is 4.57. The number of benzene rings is 1. The van der Waals surface area contributed by atoms with Gasteiger partial charge in [0, 0.05) is 12.2 Å². The monoisotopic (exact) mass is 364 g/mol. The number of hydrogen-bond donors (Lipinski definition) is 1. The minimum atomic E-state index is -3.60. The van der Waals surface area contributed by atoms with Crippen molar-refractivity contribution in [3.63, 3.8) is 0 Å². The quantitative estimate of drug-likeness (QED) is 0.886. The number of carbonyl (C=O) groups excluding carboxylic acids is 1. The summed E-state index contributed by atoms with van der Waals surface area (Å²) in [4.78, 5) is 12.6. The molecule has 24 heavy (non-hydrogen) atoms. The van der Waals surface area contributed by atoms with Crippen molar-refractivity contribution in [2.75, 3.05) is 11.9 Å². The van der Waals surface area contributed by atoms with Crippen LogP contribution in [-0.2, 0) is 21.2 Å². The Hall–Kier alpha value is -1.70. The first-order valence-electron chi connectivity index (χ1n) is 7.97. The Kier molecular flexibility index (Phi) is 5.03. The highest BCUT2D eigenvalue weighted by Gasteiger charge is 2.39. The number of amides is 1. The third kappa shape index (κ3) is 3.38. The summed E-state index contributed by atoms with van der Waals surface area (Å²) in [6, 6.07) is 10.3. The fourth-order valence-corrected chi connectivity index (χ4v) is 5.64. The van der Waals surface area contributed by atoms with Gasteiger partial charge in [-0.15, -0.1) is 11.3 Å². The molecule has 1 aromatic carbocycles. The largest absolute Gasteiger partial charge is 0.325 e. The van der Waals surface area contributed by atoms with Crippen molar-refractivity contribution >= 4 is 33.0 Å². The number of sulfonamides is 1. The maximum absolute atomic E-state index is 12.7. The molecule has 2 heterocycles. The zero-order chi connectivity index (χ0) is 17.2. The third-order valence-corrected chi connectivity index (χ3v) is 7.48. The van der Waals surface area contributed by atoms with Crippen LogP contribution in [0.15, 0.2) is 46.0 Å². The van der Waals surface area contributed by atoms with Crippen molar-refractivity contribution < 1.29 is 13.2 Å². The molecule has 5 nitrogen and oxygen atoms in total. The van der Waals surface area contributed by atoms with Gasteiger partial charge in [-0.05, 0) is 48.4 Å². The number of carbonyl (C=O) groups is 1. The lowest BCUT2D eigenvalue weighted by atomic mass is 10.1. The number of rotatable bonds is 5. The SMILES string of the molecule is CCc1ccc(NC(=O)C2CCCN2S(=O)(=O)c2cccs2)cc1. The predicted octanol–water partition coefficient (Wildman–Crippen LogP) is 3.10. The van der Waals surface area contributed by atoms with Crippen LogP contribution in [0.1, 0.15) is 25.3 Å².